The number of nitrogens with zero attached hydrogens (tertiary/aromatic N) is 2. The van der Waals surface area contributed by atoms with Gasteiger partial charge in [-0.1, -0.05) is 13.8 Å². The van der Waals surface area contributed by atoms with Crippen molar-refractivity contribution in [3.8, 4) is 0 Å². The molecule has 0 saturated heterocycles. The van der Waals surface area contributed by atoms with E-state index in [2.05, 4.69) is 30.9 Å². The molecule has 1 aromatic rings. The second kappa shape index (κ2) is 17.7. The van der Waals surface area contributed by atoms with Gasteiger partial charge in [0.2, 0.25) is 17.7 Å². The molecule has 3 amide bonds. The Morgan fingerprint density at radius 3 is 2.15 bits per heavy atom. The number of hydrogen-bond acceptors (Lipinski definition) is 8. The molecule has 1 rings (SSSR count). The highest BCUT2D eigenvalue weighted by Gasteiger charge is 2.30. The number of unbranched alkanes of at least 4 members (excludes halogenated alkanes) is 1. The lowest BCUT2D eigenvalue weighted by Gasteiger charge is -2.26. The van der Waals surface area contributed by atoms with Crippen molar-refractivity contribution in [3.63, 3.8) is 0 Å². The van der Waals surface area contributed by atoms with Crippen molar-refractivity contribution in [1.29, 1.82) is 0 Å². The van der Waals surface area contributed by atoms with Crippen molar-refractivity contribution in [2.45, 2.75) is 83.0 Å². The number of nitrogens with one attached hydrogen (secondary N) is 4. The van der Waals surface area contributed by atoms with Crippen LogP contribution in [0.4, 0.5) is 0 Å². The number of carboxylic acid groups (broad SMARTS) is 1. The van der Waals surface area contributed by atoms with Crippen molar-refractivity contribution in [3.05, 3.63) is 18.2 Å². The molecule has 0 spiro atoms. The molecule has 220 valence electrons. The summed E-state index contributed by atoms with van der Waals surface area (Å²) in [6.45, 7) is 4.38. The first-order valence-electron chi connectivity index (χ1n) is 13.1. The summed E-state index contributed by atoms with van der Waals surface area (Å²) in [4.78, 5) is 61.4. The molecule has 15 heteroatoms. The number of guanidine groups is 1. The fraction of sp³-hybridized carbons (Fsp3) is 0.667. The standard InChI is InChI=1S/C24H44N10O5/c1-14(2)10-19(34-20(35)16(26)11-15-12-29-13-31-15)22(37)32-17(6-3-4-8-25)21(36)33-18(23(38)39)7-5-9-30-24(27)28/h12-14,16-19H,3-11,25-26H2,1-2H3,(H,29,31)(H,32,37)(H,33,36)(H,34,35)(H,38,39)(H4,27,28,30). The largest absolute Gasteiger partial charge is 0.480 e. The van der Waals surface area contributed by atoms with E-state index < -0.39 is 47.9 Å². The topological polar surface area (TPSA) is 270 Å². The molecule has 4 unspecified atom stereocenters. The maximum absolute atomic E-state index is 13.3. The number of aromatic amines is 1. The highest BCUT2D eigenvalue weighted by molar-refractivity contribution is 5.94. The number of carboxylic acids is 1. The van der Waals surface area contributed by atoms with Gasteiger partial charge in [0.15, 0.2) is 5.96 Å². The molecule has 0 fully saturated rings. The number of H-pyrrole nitrogens is 1. The lowest BCUT2D eigenvalue weighted by molar-refractivity contribution is -0.142. The molecule has 4 atom stereocenters. The Balaban J connectivity index is 2.93. The number of aliphatic carboxylic acids is 1. The number of aliphatic imine (C=N–C) groups is 1. The minimum Gasteiger partial charge on any atom is -0.480 e. The van der Waals surface area contributed by atoms with Gasteiger partial charge in [-0.05, 0) is 51.0 Å². The average Bonchev–Trinajstić information content (AvgIpc) is 3.37. The zero-order valence-corrected chi connectivity index (χ0v) is 22.7. The number of carbonyl (C=O) groups is 4. The average molecular weight is 553 g/mol. The van der Waals surface area contributed by atoms with Gasteiger partial charge in [0.1, 0.15) is 18.1 Å². The first-order valence-corrected chi connectivity index (χ1v) is 13.1. The minimum absolute atomic E-state index is 0.0380. The van der Waals surface area contributed by atoms with Crippen LogP contribution in [0.2, 0.25) is 0 Å². The fourth-order valence-electron chi connectivity index (χ4n) is 3.77. The van der Waals surface area contributed by atoms with E-state index in [-0.39, 0.29) is 37.7 Å². The summed E-state index contributed by atoms with van der Waals surface area (Å²) in [6, 6.07) is -4.11. The molecule has 0 bridgehead atoms. The summed E-state index contributed by atoms with van der Waals surface area (Å²) in [5.41, 5.74) is 22.8. The summed E-state index contributed by atoms with van der Waals surface area (Å²) in [5.74, 6) is -3.05. The van der Waals surface area contributed by atoms with Gasteiger partial charge in [-0.25, -0.2) is 9.78 Å². The van der Waals surface area contributed by atoms with E-state index in [4.69, 9.17) is 22.9 Å². The van der Waals surface area contributed by atoms with Crippen LogP contribution in [0, 0.1) is 5.92 Å². The van der Waals surface area contributed by atoms with E-state index in [1.165, 1.54) is 6.33 Å². The summed E-state index contributed by atoms with van der Waals surface area (Å²) in [5, 5.41) is 17.4. The number of aromatic nitrogens is 2. The number of amides is 3. The molecular formula is C24H44N10O5. The maximum atomic E-state index is 13.3. The Hall–Kier alpha value is -3.72. The summed E-state index contributed by atoms with van der Waals surface area (Å²) < 4.78 is 0. The van der Waals surface area contributed by atoms with Crippen LogP contribution < -0.4 is 38.9 Å². The van der Waals surface area contributed by atoms with Gasteiger partial charge in [0.25, 0.3) is 0 Å². The van der Waals surface area contributed by atoms with Gasteiger partial charge in [0, 0.05) is 24.9 Å². The highest BCUT2D eigenvalue weighted by atomic mass is 16.4. The minimum atomic E-state index is -1.23. The zero-order chi connectivity index (χ0) is 29.4. The van der Waals surface area contributed by atoms with Gasteiger partial charge >= 0.3 is 5.97 Å². The monoisotopic (exact) mass is 552 g/mol. The summed E-state index contributed by atoms with van der Waals surface area (Å²) >= 11 is 0. The number of carbonyl (C=O) groups excluding carboxylic acids is 3. The Kier molecular flexibility index (Phi) is 15.1. The molecule has 0 radical (unpaired) electrons. The predicted octanol–water partition coefficient (Wildman–Crippen LogP) is -1.95. The van der Waals surface area contributed by atoms with Crippen LogP contribution in [0.25, 0.3) is 0 Å². The molecular weight excluding hydrogens is 508 g/mol. The lowest BCUT2D eigenvalue weighted by atomic mass is 10.0. The molecule has 39 heavy (non-hydrogen) atoms. The fourth-order valence-corrected chi connectivity index (χ4v) is 3.77. The van der Waals surface area contributed by atoms with Gasteiger partial charge in [0.05, 0.1) is 12.4 Å². The lowest BCUT2D eigenvalue weighted by Crippen LogP contribution is -2.57. The molecule has 1 heterocycles. The van der Waals surface area contributed by atoms with E-state index in [0.717, 1.165) is 0 Å². The van der Waals surface area contributed by atoms with Gasteiger partial charge in [-0.3, -0.25) is 19.4 Å². The van der Waals surface area contributed by atoms with Crippen LogP contribution in [0.3, 0.4) is 0 Å². The van der Waals surface area contributed by atoms with E-state index in [1.807, 2.05) is 13.8 Å². The first-order chi connectivity index (χ1) is 18.4. The maximum Gasteiger partial charge on any atom is 0.326 e. The van der Waals surface area contributed by atoms with Crippen LogP contribution in [-0.2, 0) is 25.6 Å². The second-order valence-corrected chi connectivity index (χ2v) is 9.77. The van der Waals surface area contributed by atoms with E-state index >= 15 is 0 Å². The van der Waals surface area contributed by atoms with Crippen LogP contribution in [0.15, 0.2) is 17.5 Å². The third-order valence-electron chi connectivity index (χ3n) is 5.81. The van der Waals surface area contributed by atoms with Crippen LogP contribution in [0.5, 0.6) is 0 Å². The van der Waals surface area contributed by atoms with Crippen molar-refractivity contribution in [1.82, 2.24) is 25.9 Å². The molecule has 0 saturated carbocycles. The Morgan fingerprint density at radius 2 is 1.59 bits per heavy atom. The molecule has 0 aliphatic rings. The Morgan fingerprint density at radius 1 is 0.974 bits per heavy atom. The quantitative estimate of drug-likeness (QED) is 0.0519. The third-order valence-corrected chi connectivity index (χ3v) is 5.81. The van der Waals surface area contributed by atoms with Gasteiger partial charge in [-0.15, -0.1) is 0 Å². The zero-order valence-electron chi connectivity index (χ0n) is 22.7. The summed E-state index contributed by atoms with van der Waals surface area (Å²) in [7, 11) is 0. The van der Waals surface area contributed by atoms with E-state index in [9.17, 15) is 24.3 Å². The van der Waals surface area contributed by atoms with Gasteiger partial charge in [-0.2, -0.15) is 0 Å². The molecule has 0 aliphatic heterocycles. The number of hydrogen-bond donors (Lipinski definition) is 9. The van der Waals surface area contributed by atoms with Crippen LogP contribution >= 0.6 is 0 Å². The molecule has 0 aliphatic carbocycles. The van der Waals surface area contributed by atoms with Crippen LogP contribution in [-0.4, -0.2) is 82.0 Å². The molecule has 0 aromatic carbocycles. The number of nitrogens with two attached hydrogens (primary N) is 4. The third kappa shape index (κ3) is 13.6. The van der Waals surface area contributed by atoms with Gasteiger partial charge < -0.3 is 49.0 Å². The molecule has 15 nitrogen and oxygen atoms in total. The SMILES string of the molecule is CC(C)CC(NC(=O)C(N)Cc1cnc[nH]1)C(=O)NC(CCCCN)C(=O)NC(CCCN=C(N)N)C(=O)O. The first kappa shape index (κ1) is 33.3. The van der Waals surface area contributed by atoms with Crippen molar-refractivity contribution < 1.29 is 24.3 Å². The Bertz CT molecular complexity index is 934. The van der Waals surface area contributed by atoms with Crippen molar-refractivity contribution in [2.75, 3.05) is 13.1 Å². The van der Waals surface area contributed by atoms with Crippen LogP contribution in [0.1, 0.15) is 58.1 Å². The smallest absolute Gasteiger partial charge is 0.326 e. The highest BCUT2D eigenvalue weighted by Crippen LogP contribution is 2.09. The number of imidazole rings is 1. The molecule has 13 N–H and O–H groups in total. The normalized spacial score (nSPS) is 14.1. The molecule has 1 aromatic heterocycles. The summed E-state index contributed by atoms with van der Waals surface area (Å²) in [6.07, 6.45) is 5.30. The van der Waals surface area contributed by atoms with Crippen molar-refractivity contribution >= 4 is 29.7 Å². The Labute approximate surface area is 228 Å². The predicted molar refractivity (Wildman–Crippen MR) is 146 cm³/mol. The number of rotatable bonds is 19. The van der Waals surface area contributed by atoms with E-state index in [0.29, 0.717) is 37.9 Å². The van der Waals surface area contributed by atoms with E-state index in [1.54, 1.807) is 6.20 Å². The van der Waals surface area contributed by atoms with Crippen molar-refractivity contribution in [2.24, 2.45) is 33.8 Å². The second-order valence-electron chi connectivity index (χ2n) is 9.77.